The molecule has 0 aliphatic heterocycles. The number of hydrogen-bond acceptors (Lipinski definition) is 5. The summed E-state index contributed by atoms with van der Waals surface area (Å²) in [6.07, 6.45) is 3.63. The minimum absolute atomic E-state index is 0.0208. The summed E-state index contributed by atoms with van der Waals surface area (Å²) in [5, 5.41) is 32.4. The molecule has 1 fully saturated rings. The second-order valence-electron chi connectivity index (χ2n) is 10.5. The van der Waals surface area contributed by atoms with Crippen molar-refractivity contribution in [1.82, 2.24) is 5.32 Å². The predicted molar refractivity (Wildman–Crippen MR) is 132 cm³/mol. The molecule has 0 bridgehead atoms. The third kappa shape index (κ3) is 7.98. The van der Waals surface area contributed by atoms with Crippen molar-refractivity contribution in [3.8, 4) is 5.75 Å². The standard InChI is InChI=1S/C27H43NO6/c1-6-27(4,5)26(33)28-24(19-10-8-7-9-11-19)22-13-17(2)12-18(3)25(22)34-16-21(30)14-20(29)15-23(31)32/h12-13,19-21,24,29-30H,6-11,14-16H2,1-5H3,(H,28,33)(H,31,32)/t20-,21+,24+/m1/s1. The summed E-state index contributed by atoms with van der Waals surface area (Å²) in [6.45, 7) is 9.83. The number of aliphatic carboxylic acids is 1. The van der Waals surface area contributed by atoms with Gasteiger partial charge in [0.15, 0.2) is 0 Å². The van der Waals surface area contributed by atoms with Crippen LogP contribution < -0.4 is 10.1 Å². The molecule has 0 aromatic heterocycles. The maximum atomic E-state index is 13.2. The number of carbonyl (C=O) groups is 2. The topological polar surface area (TPSA) is 116 Å². The third-order valence-electron chi connectivity index (χ3n) is 7.06. The van der Waals surface area contributed by atoms with Gasteiger partial charge in [-0.25, -0.2) is 0 Å². The molecule has 4 N–H and O–H groups in total. The van der Waals surface area contributed by atoms with Crippen LogP contribution in [0.1, 0.15) is 94.9 Å². The Morgan fingerprint density at radius 3 is 2.35 bits per heavy atom. The zero-order chi connectivity index (χ0) is 25.5. The molecule has 7 nitrogen and oxygen atoms in total. The van der Waals surface area contributed by atoms with E-state index in [9.17, 15) is 19.8 Å². The summed E-state index contributed by atoms with van der Waals surface area (Å²) >= 11 is 0. The number of aliphatic hydroxyl groups excluding tert-OH is 2. The molecular weight excluding hydrogens is 434 g/mol. The Kier molecular flexibility index (Phi) is 10.4. The molecule has 1 amide bonds. The molecule has 0 spiro atoms. The monoisotopic (exact) mass is 477 g/mol. The van der Waals surface area contributed by atoms with E-state index in [0.717, 1.165) is 48.8 Å². The fourth-order valence-corrected chi connectivity index (χ4v) is 4.68. The van der Waals surface area contributed by atoms with Crippen molar-refractivity contribution in [1.29, 1.82) is 0 Å². The number of benzene rings is 1. The minimum atomic E-state index is -1.14. The molecule has 1 aromatic carbocycles. The average Bonchev–Trinajstić information content (AvgIpc) is 2.76. The van der Waals surface area contributed by atoms with Crippen LogP contribution in [-0.4, -0.2) is 46.0 Å². The van der Waals surface area contributed by atoms with Crippen LogP contribution in [0.4, 0.5) is 0 Å². The van der Waals surface area contributed by atoms with Crippen molar-refractivity contribution >= 4 is 11.9 Å². The fourth-order valence-electron chi connectivity index (χ4n) is 4.68. The highest BCUT2D eigenvalue weighted by molar-refractivity contribution is 5.82. The van der Waals surface area contributed by atoms with E-state index >= 15 is 0 Å². The van der Waals surface area contributed by atoms with Crippen LogP contribution in [0.2, 0.25) is 0 Å². The first kappa shape index (κ1) is 28.1. The van der Waals surface area contributed by atoms with Crippen molar-refractivity contribution in [2.45, 2.75) is 104 Å². The van der Waals surface area contributed by atoms with Crippen LogP contribution >= 0.6 is 0 Å². The van der Waals surface area contributed by atoms with Gasteiger partial charge < -0.3 is 25.4 Å². The Morgan fingerprint density at radius 1 is 1.12 bits per heavy atom. The molecule has 0 saturated heterocycles. The molecule has 2 rings (SSSR count). The van der Waals surface area contributed by atoms with Gasteiger partial charge in [-0.3, -0.25) is 9.59 Å². The summed E-state index contributed by atoms with van der Waals surface area (Å²) in [5.74, 6) is -0.148. The molecule has 0 unspecified atom stereocenters. The Labute approximate surface area is 203 Å². The van der Waals surface area contributed by atoms with E-state index in [0.29, 0.717) is 11.7 Å². The summed E-state index contributed by atoms with van der Waals surface area (Å²) in [5.41, 5.74) is 2.42. The van der Waals surface area contributed by atoms with Gasteiger partial charge >= 0.3 is 5.97 Å². The van der Waals surface area contributed by atoms with E-state index in [1.54, 1.807) is 0 Å². The van der Waals surface area contributed by atoms with Gasteiger partial charge in [0, 0.05) is 17.4 Å². The molecule has 1 aliphatic rings. The molecule has 1 aliphatic carbocycles. The minimum Gasteiger partial charge on any atom is -0.490 e. The molecule has 7 heteroatoms. The second-order valence-corrected chi connectivity index (χ2v) is 10.5. The summed E-state index contributed by atoms with van der Waals surface area (Å²) in [7, 11) is 0. The maximum Gasteiger partial charge on any atom is 0.305 e. The number of amides is 1. The number of carboxylic acids is 1. The van der Waals surface area contributed by atoms with Gasteiger partial charge in [0.2, 0.25) is 5.91 Å². The predicted octanol–water partition coefficient (Wildman–Crippen LogP) is 4.44. The number of aryl methyl sites for hydroxylation is 2. The van der Waals surface area contributed by atoms with Crippen molar-refractivity contribution in [3.05, 3.63) is 28.8 Å². The largest absolute Gasteiger partial charge is 0.490 e. The number of hydrogen-bond donors (Lipinski definition) is 4. The Balaban J connectivity index is 2.32. The van der Waals surface area contributed by atoms with Crippen LogP contribution in [0.3, 0.4) is 0 Å². The van der Waals surface area contributed by atoms with Gasteiger partial charge in [-0.15, -0.1) is 0 Å². The lowest BCUT2D eigenvalue weighted by atomic mass is 9.79. The Morgan fingerprint density at radius 2 is 1.76 bits per heavy atom. The number of carbonyl (C=O) groups excluding carboxylic acids is 1. The molecule has 34 heavy (non-hydrogen) atoms. The van der Waals surface area contributed by atoms with Gasteiger partial charge in [-0.1, -0.05) is 57.7 Å². The van der Waals surface area contributed by atoms with Crippen molar-refractivity contribution in [2.24, 2.45) is 11.3 Å². The zero-order valence-electron chi connectivity index (χ0n) is 21.4. The lowest BCUT2D eigenvalue weighted by Gasteiger charge is -2.35. The first-order valence-corrected chi connectivity index (χ1v) is 12.6. The number of rotatable bonds is 12. The first-order valence-electron chi connectivity index (χ1n) is 12.6. The van der Waals surface area contributed by atoms with Crippen molar-refractivity contribution < 1.29 is 29.6 Å². The quantitative estimate of drug-likeness (QED) is 0.354. The molecular formula is C27H43NO6. The van der Waals surface area contributed by atoms with Gasteiger partial charge in [-0.05, 0) is 44.6 Å². The number of carboxylic acid groups (broad SMARTS) is 1. The van der Waals surface area contributed by atoms with Gasteiger partial charge in [0.1, 0.15) is 12.4 Å². The SMILES string of the molecule is CCC(C)(C)C(=O)N[C@H](c1cc(C)cc(C)c1OC[C@@H](O)C[C@@H](O)CC(=O)O)C1CCCCC1. The number of nitrogens with one attached hydrogen (secondary N) is 1. The normalized spacial score (nSPS) is 17.6. The smallest absolute Gasteiger partial charge is 0.305 e. The summed E-state index contributed by atoms with van der Waals surface area (Å²) < 4.78 is 6.10. The van der Waals surface area contributed by atoms with Crippen LogP contribution in [-0.2, 0) is 9.59 Å². The summed E-state index contributed by atoms with van der Waals surface area (Å²) in [4.78, 5) is 24.0. The Hall–Kier alpha value is -2.12. The first-order chi connectivity index (χ1) is 15.9. The molecule has 1 saturated carbocycles. The van der Waals surface area contributed by atoms with Crippen molar-refractivity contribution in [2.75, 3.05) is 6.61 Å². The van der Waals surface area contributed by atoms with E-state index < -0.39 is 30.0 Å². The van der Waals surface area contributed by atoms with Crippen LogP contribution in [0.5, 0.6) is 5.75 Å². The second kappa shape index (κ2) is 12.5. The lowest BCUT2D eigenvalue weighted by Crippen LogP contribution is -2.42. The van der Waals surface area contributed by atoms with Crippen LogP contribution in [0, 0.1) is 25.2 Å². The summed E-state index contributed by atoms with van der Waals surface area (Å²) in [6, 6.07) is 3.88. The Bertz CT molecular complexity index is 831. The highest BCUT2D eigenvalue weighted by Gasteiger charge is 2.34. The average molecular weight is 478 g/mol. The lowest BCUT2D eigenvalue weighted by molar-refractivity contribution is -0.139. The molecule has 192 valence electrons. The number of ether oxygens (including phenoxy) is 1. The maximum absolute atomic E-state index is 13.2. The van der Waals surface area contributed by atoms with Gasteiger partial charge in [0.05, 0.1) is 24.7 Å². The zero-order valence-corrected chi connectivity index (χ0v) is 21.4. The van der Waals surface area contributed by atoms with E-state index in [4.69, 9.17) is 9.84 Å². The fraction of sp³-hybridized carbons (Fsp3) is 0.704. The van der Waals surface area contributed by atoms with Crippen LogP contribution in [0.25, 0.3) is 0 Å². The molecule has 3 atom stereocenters. The van der Waals surface area contributed by atoms with Gasteiger partial charge in [0.25, 0.3) is 0 Å². The van der Waals surface area contributed by atoms with E-state index in [2.05, 4.69) is 11.4 Å². The molecule has 0 heterocycles. The van der Waals surface area contributed by atoms with E-state index in [1.165, 1.54) is 6.42 Å². The highest BCUT2D eigenvalue weighted by Crippen LogP contribution is 2.40. The molecule has 1 aromatic rings. The highest BCUT2D eigenvalue weighted by atomic mass is 16.5. The van der Waals surface area contributed by atoms with E-state index in [1.807, 2.05) is 40.7 Å². The third-order valence-corrected chi connectivity index (χ3v) is 7.06. The van der Waals surface area contributed by atoms with Crippen LogP contribution in [0.15, 0.2) is 12.1 Å². The van der Waals surface area contributed by atoms with Crippen molar-refractivity contribution in [3.63, 3.8) is 0 Å². The van der Waals surface area contributed by atoms with E-state index in [-0.39, 0.29) is 25.0 Å². The van der Waals surface area contributed by atoms with Gasteiger partial charge in [-0.2, -0.15) is 0 Å². The number of aliphatic hydroxyl groups is 2. The molecule has 0 radical (unpaired) electrons.